The number of aliphatic hydroxyl groups excluding tert-OH is 1. The molecule has 0 spiro atoms. The SMILES string of the molecule is O=c1c(Cl)c(N(CCO)Cc2ccsc2)cnn1-c1ccc(Cl)cc1Cl. The van der Waals surface area contributed by atoms with Crippen LogP contribution in [0.3, 0.4) is 0 Å². The molecule has 136 valence electrons. The van der Waals surface area contributed by atoms with Crippen molar-refractivity contribution in [3.05, 3.63) is 72.2 Å². The van der Waals surface area contributed by atoms with E-state index in [1.165, 1.54) is 12.3 Å². The zero-order valence-electron chi connectivity index (χ0n) is 13.4. The molecule has 0 atom stereocenters. The van der Waals surface area contributed by atoms with Crippen LogP contribution in [-0.2, 0) is 6.54 Å². The first kappa shape index (κ1) is 19.2. The summed E-state index contributed by atoms with van der Waals surface area (Å²) in [6, 6.07) is 6.73. The Morgan fingerprint density at radius 1 is 1.23 bits per heavy atom. The predicted octanol–water partition coefficient (Wildman–Crippen LogP) is 4.25. The Kier molecular flexibility index (Phi) is 6.21. The first-order chi connectivity index (χ1) is 12.5. The number of halogens is 3. The van der Waals surface area contributed by atoms with Gasteiger partial charge < -0.3 is 10.0 Å². The zero-order chi connectivity index (χ0) is 18.7. The smallest absolute Gasteiger partial charge is 0.292 e. The topological polar surface area (TPSA) is 58.4 Å². The summed E-state index contributed by atoms with van der Waals surface area (Å²) in [4.78, 5) is 14.5. The second kappa shape index (κ2) is 8.41. The number of rotatable bonds is 6. The van der Waals surface area contributed by atoms with Gasteiger partial charge in [0.15, 0.2) is 0 Å². The van der Waals surface area contributed by atoms with Gasteiger partial charge in [0.05, 0.1) is 29.2 Å². The maximum atomic E-state index is 12.7. The van der Waals surface area contributed by atoms with Crippen LogP contribution >= 0.6 is 46.1 Å². The Morgan fingerprint density at radius 2 is 2.04 bits per heavy atom. The van der Waals surface area contributed by atoms with Crippen LogP contribution in [0.5, 0.6) is 0 Å². The van der Waals surface area contributed by atoms with Crippen LogP contribution in [0.25, 0.3) is 5.69 Å². The van der Waals surface area contributed by atoms with Crippen LogP contribution in [0.4, 0.5) is 5.69 Å². The Hall–Kier alpha value is -1.57. The quantitative estimate of drug-likeness (QED) is 0.635. The second-order valence-corrected chi connectivity index (χ2v) is 7.43. The number of aromatic nitrogens is 2. The number of aliphatic hydroxyl groups is 1. The average Bonchev–Trinajstić information content (AvgIpc) is 3.11. The van der Waals surface area contributed by atoms with E-state index in [9.17, 15) is 9.90 Å². The molecule has 0 saturated heterocycles. The molecule has 5 nitrogen and oxygen atoms in total. The maximum Gasteiger partial charge on any atom is 0.292 e. The van der Waals surface area contributed by atoms with Gasteiger partial charge in [0, 0.05) is 18.1 Å². The third-order valence-corrected chi connectivity index (χ3v) is 5.33. The molecule has 1 aromatic carbocycles. The molecule has 26 heavy (non-hydrogen) atoms. The zero-order valence-corrected chi connectivity index (χ0v) is 16.5. The Labute approximate surface area is 169 Å². The van der Waals surface area contributed by atoms with Gasteiger partial charge in [-0.15, -0.1) is 0 Å². The Balaban J connectivity index is 2.01. The van der Waals surface area contributed by atoms with Crippen molar-refractivity contribution in [1.82, 2.24) is 9.78 Å². The van der Waals surface area contributed by atoms with E-state index < -0.39 is 5.56 Å². The summed E-state index contributed by atoms with van der Waals surface area (Å²) in [6.07, 6.45) is 1.50. The van der Waals surface area contributed by atoms with Gasteiger partial charge in [0.2, 0.25) is 0 Å². The lowest BCUT2D eigenvalue weighted by Crippen LogP contribution is -2.30. The minimum absolute atomic E-state index is 0.00898. The summed E-state index contributed by atoms with van der Waals surface area (Å²) in [5, 5.41) is 18.3. The van der Waals surface area contributed by atoms with E-state index in [0.29, 0.717) is 34.5 Å². The van der Waals surface area contributed by atoms with Crippen molar-refractivity contribution < 1.29 is 5.11 Å². The molecule has 0 saturated carbocycles. The average molecular weight is 431 g/mol. The fourth-order valence-electron chi connectivity index (χ4n) is 2.48. The molecule has 0 bridgehead atoms. The van der Waals surface area contributed by atoms with Gasteiger partial charge in [-0.05, 0) is 40.6 Å². The number of benzene rings is 1. The summed E-state index contributed by atoms with van der Waals surface area (Å²) in [5.41, 5.74) is 1.41. The summed E-state index contributed by atoms with van der Waals surface area (Å²) in [6.45, 7) is 0.756. The third kappa shape index (κ3) is 4.05. The monoisotopic (exact) mass is 429 g/mol. The predicted molar refractivity (Wildman–Crippen MR) is 107 cm³/mol. The van der Waals surface area contributed by atoms with E-state index in [1.807, 2.05) is 21.7 Å². The van der Waals surface area contributed by atoms with Crippen molar-refractivity contribution in [2.75, 3.05) is 18.1 Å². The molecule has 2 aromatic heterocycles. The standard InChI is InChI=1S/C17H14Cl3N3O2S/c18-12-1-2-14(13(19)7-12)23-17(25)16(20)15(8-21-23)22(4-5-24)9-11-3-6-26-10-11/h1-3,6-8,10,24H,4-5,9H2. The van der Waals surface area contributed by atoms with Gasteiger partial charge in [-0.1, -0.05) is 34.8 Å². The fraction of sp³-hybridized carbons (Fsp3) is 0.176. The highest BCUT2D eigenvalue weighted by atomic mass is 35.5. The van der Waals surface area contributed by atoms with Crippen molar-refractivity contribution >= 4 is 51.8 Å². The molecule has 0 aliphatic carbocycles. The maximum absolute atomic E-state index is 12.7. The lowest BCUT2D eigenvalue weighted by atomic mass is 10.2. The highest BCUT2D eigenvalue weighted by Crippen LogP contribution is 2.26. The normalized spacial score (nSPS) is 10.9. The van der Waals surface area contributed by atoms with Gasteiger partial charge >= 0.3 is 0 Å². The minimum atomic E-state index is -0.498. The molecule has 0 amide bonds. The van der Waals surface area contributed by atoms with E-state index in [1.54, 1.807) is 23.5 Å². The second-order valence-electron chi connectivity index (χ2n) is 5.43. The van der Waals surface area contributed by atoms with Crippen LogP contribution in [0, 0.1) is 0 Å². The van der Waals surface area contributed by atoms with E-state index in [-0.39, 0.29) is 11.6 Å². The highest BCUT2D eigenvalue weighted by molar-refractivity contribution is 7.07. The molecular formula is C17H14Cl3N3O2S. The van der Waals surface area contributed by atoms with Crippen molar-refractivity contribution in [2.45, 2.75) is 6.54 Å². The van der Waals surface area contributed by atoms with Gasteiger partial charge in [0.1, 0.15) is 5.02 Å². The Morgan fingerprint density at radius 3 is 2.69 bits per heavy atom. The summed E-state index contributed by atoms with van der Waals surface area (Å²) >= 11 is 20.0. The molecular weight excluding hydrogens is 417 g/mol. The van der Waals surface area contributed by atoms with E-state index in [0.717, 1.165) is 10.2 Å². The number of hydrogen-bond donors (Lipinski definition) is 1. The van der Waals surface area contributed by atoms with Crippen molar-refractivity contribution in [3.8, 4) is 5.69 Å². The van der Waals surface area contributed by atoms with Gasteiger partial charge in [-0.2, -0.15) is 21.1 Å². The van der Waals surface area contributed by atoms with Crippen molar-refractivity contribution in [2.24, 2.45) is 0 Å². The number of hydrogen-bond acceptors (Lipinski definition) is 5. The van der Waals surface area contributed by atoms with Gasteiger partial charge in [-0.25, -0.2) is 0 Å². The molecule has 9 heteroatoms. The molecule has 3 rings (SSSR count). The first-order valence-electron chi connectivity index (χ1n) is 7.61. The largest absolute Gasteiger partial charge is 0.395 e. The van der Waals surface area contributed by atoms with Gasteiger partial charge in [-0.3, -0.25) is 4.79 Å². The van der Waals surface area contributed by atoms with Crippen LogP contribution in [0.2, 0.25) is 15.1 Å². The van der Waals surface area contributed by atoms with E-state index in [2.05, 4.69) is 5.10 Å². The molecule has 3 aromatic rings. The third-order valence-electron chi connectivity index (χ3n) is 3.70. The lowest BCUT2D eigenvalue weighted by Gasteiger charge is -2.24. The molecule has 0 aliphatic heterocycles. The first-order valence-corrected chi connectivity index (χ1v) is 9.69. The molecule has 0 unspecified atom stereocenters. The summed E-state index contributed by atoms with van der Waals surface area (Å²) in [7, 11) is 0. The van der Waals surface area contributed by atoms with Crippen molar-refractivity contribution in [3.63, 3.8) is 0 Å². The molecule has 0 fully saturated rings. The number of thiophene rings is 1. The summed E-state index contributed by atoms with van der Waals surface area (Å²) < 4.78 is 1.13. The minimum Gasteiger partial charge on any atom is -0.395 e. The lowest BCUT2D eigenvalue weighted by molar-refractivity contribution is 0.301. The molecule has 2 heterocycles. The number of anilines is 1. The molecule has 1 N–H and O–H groups in total. The highest BCUT2D eigenvalue weighted by Gasteiger charge is 2.18. The van der Waals surface area contributed by atoms with Crippen LogP contribution in [-0.4, -0.2) is 28.0 Å². The number of nitrogens with zero attached hydrogens (tertiary/aromatic N) is 3. The van der Waals surface area contributed by atoms with Crippen LogP contribution in [0.1, 0.15) is 5.56 Å². The molecule has 0 aliphatic rings. The molecule has 0 radical (unpaired) electrons. The van der Waals surface area contributed by atoms with E-state index in [4.69, 9.17) is 34.8 Å². The van der Waals surface area contributed by atoms with E-state index >= 15 is 0 Å². The Bertz CT molecular complexity index is 960. The fourth-order valence-corrected chi connectivity index (χ4v) is 3.87. The van der Waals surface area contributed by atoms with Crippen molar-refractivity contribution in [1.29, 1.82) is 0 Å². The summed E-state index contributed by atoms with van der Waals surface area (Å²) in [5.74, 6) is 0. The van der Waals surface area contributed by atoms with Crippen LogP contribution < -0.4 is 10.5 Å². The van der Waals surface area contributed by atoms with Crippen LogP contribution in [0.15, 0.2) is 46.0 Å². The van der Waals surface area contributed by atoms with Gasteiger partial charge in [0.25, 0.3) is 5.56 Å².